The van der Waals surface area contributed by atoms with Crippen molar-refractivity contribution in [2.75, 3.05) is 4.72 Å². The summed E-state index contributed by atoms with van der Waals surface area (Å²) >= 11 is 0. The molecule has 1 aromatic carbocycles. The van der Waals surface area contributed by atoms with Gasteiger partial charge in [0.25, 0.3) is 10.0 Å². The van der Waals surface area contributed by atoms with Crippen molar-refractivity contribution in [3.8, 4) is 0 Å². The van der Waals surface area contributed by atoms with E-state index in [0.29, 0.717) is 17.1 Å². The van der Waals surface area contributed by atoms with Crippen molar-refractivity contribution in [2.24, 2.45) is 0 Å². The van der Waals surface area contributed by atoms with Crippen LogP contribution in [0.5, 0.6) is 0 Å². The molecule has 0 aliphatic carbocycles. The van der Waals surface area contributed by atoms with E-state index >= 15 is 0 Å². The number of rotatable bonds is 3. The summed E-state index contributed by atoms with van der Waals surface area (Å²) < 4.78 is 27.4. The van der Waals surface area contributed by atoms with Gasteiger partial charge in [-0.15, -0.1) is 0 Å². The highest BCUT2D eigenvalue weighted by Gasteiger charge is 2.22. The predicted octanol–water partition coefficient (Wildman–Crippen LogP) is 2.31. The maximum atomic E-state index is 12.4. The van der Waals surface area contributed by atoms with E-state index in [9.17, 15) is 8.42 Å². The maximum absolute atomic E-state index is 12.4. The number of nitrogens with one attached hydrogen (secondary N) is 3. The monoisotopic (exact) mass is 290 g/mol. The van der Waals surface area contributed by atoms with Gasteiger partial charge in [0.05, 0.1) is 11.4 Å². The minimum absolute atomic E-state index is 0.201. The van der Waals surface area contributed by atoms with Crippen molar-refractivity contribution in [2.45, 2.75) is 18.7 Å². The molecule has 104 valence electrons. The van der Waals surface area contributed by atoms with Gasteiger partial charge in [-0.3, -0.25) is 9.82 Å². The lowest BCUT2D eigenvalue weighted by Crippen LogP contribution is -2.14. The van der Waals surface area contributed by atoms with Crippen LogP contribution in [0.3, 0.4) is 0 Å². The van der Waals surface area contributed by atoms with Gasteiger partial charge in [-0.1, -0.05) is 0 Å². The minimum atomic E-state index is -3.64. The highest BCUT2D eigenvalue weighted by atomic mass is 32.2. The van der Waals surface area contributed by atoms with Crippen LogP contribution >= 0.6 is 0 Å². The van der Waals surface area contributed by atoms with E-state index in [1.54, 1.807) is 26.0 Å². The molecule has 0 saturated heterocycles. The summed E-state index contributed by atoms with van der Waals surface area (Å²) in [5.74, 6) is 0. The Morgan fingerprint density at radius 2 is 2.00 bits per heavy atom. The molecule has 7 heteroatoms. The quantitative estimate of drug-likeness (QED) is 0.691. The van der Waals surface area contributed by atoms with Crippen LogP contribution in [0.4, 0.5) is 5.69 Å². The Labute approximate surface area is 116 Å². The smallest absolute Gasteiger partial charge is 0.265 e. The van der Waals surface area contributed by atoms with Crippen LogP contribution in [0, 0.1) is 13.8 Å². The first-order valence-electron chi connectivity index (χ1n) is 6.09. The fourth-order valence-electron chi connectivity index (χ4n) is 2.26. The first-order valence-corrected chi connectivity index (χ1v) is 7.57. The van der Waals surface area contributed by atoms with Crippen molar-refractivity contribution in [1.82, 2.24) is 15.2 Å². The predicted molar refractivity (Wildman–Crippen MR) is 77.2 cm³/mol. The fraction of sp³-hybridized carbons (Fsp3) is 0.154. The molecule has 0 saturated carbocycles. The second kappa shape index (κ2) is 4.38. The van der Waals surface area contributed by atoms with E-state index in [1.807, 2.05) is 18.3 Å². The Morgan fingerprint density at radius 1 is 1.20 bits per heavy atom. The first-order chi connectivity index (χ1) is 9.47. The summed E-state index contributed by atoms with van der Waals surface area (Å²) in [5, 5.41) is 7.55. The van der Waals surface area contributed by atoms with Crippen molar-refractivity contribution >= 4 is 26.6 Å². The van der Waals surface area contributed by atoms with Crippen LogP contribution in [-0.4, -0.2) is 23.6 Å². The molecular weight excluding hydrogens is 276 g/mol. The molecular formula is C13H14N4O2S. The number of aromatic amines is 2. The third kappa shape index (κ3) is 2.05. The van der Waals surface area contributed by atoms with Gasteiger partial charge in [-0.05, 0) is 38.1 Å². The van der Waals surface area contributed by atoms with Crippen molar-refractivity contribution in [3.05, 3.63) is 41.9 Å². The normalized spacial score (nSPS) is 11.9. The summed E-state index contributed by atoms with van der Waals surface area (Å²) in [6.07, 6.45) is 1.81. The lowest BCUT2D eigenvalue weighted by Gasteiger charge is -2.08. The minimum Gasteiger partial charge on any atom is -0.361 e. The van der Waals surface area contributed by atoms with Gasteiger partial charge in [0.15, 0.2) is 0 Å². The number of aryl methyl sites for hydroxylation is 2. The Balaban J connectivity index is 2.01. The summed E-state index contributed by atoms with van der Waals surface area (Å²) in [6, 6.07) is 7.24. The third-order valence-electron chi connectivity index (χ3n) is 3.13. The number of hydrogen-bond donors (Lipinski definition) is 3. The molecule has 0 bridgehead atoms. The van der Waals surface area contributed by atoms with Crippen LogP contribution < -0.4 is 4.72 Å². The zero-order valence-corrected chi connectivity index (χ0v) is 11.9. The van der Waals surface area contributed by atoms with Gasteiger partial charge in [-0.25, -0.2) is 8.42 Å². The average Bonchev–Trinajstić information content (AvgIpc) is 2.95. The van der Waals surface area contributed by atoms with Gasteiger partial charge < -0.3 is 4.98 Å². The highest BCUT2D eigenvalue weighted by molar-refractivity contribution is 7.92. The number of fused-ring (bicyclic) bond motifs is 1. The van der Waals surface area contributed by atoms with Crippen LogP contribution in [0.25, 0.3) is 10.9 Å². The SMILES string of the molecule is Cc1n[nH]c(C)c1S(=O)(=O)Nc1ccc2[nH]ccc2c1. The summed E-state index contributed by atoms with van der Waals surface area (Å²) in [4.78, 5) is 3.26. The molecule has 0 atom stereocenters. The molecule has 0 aliphatic heterocycles. The molecule has 0 fully saturated rings. The van der Waals surface area contributed by atoms with Gasteiger partial charge in [0.2, 0.25) is 0 Å². The standard InChI is InChI=1S/C13H14N4O2S/c1-8-13(9(2)16-15-8)20(18,19)17-11-3-4-12-10(7-11)5-6-14-12/h3-7,14,17H,1-2H3,(H,15,16). The van der Waals surface area contributed by atoms with Crippen molar-refractivity contribution < 1.29 is 8.42 Å². The average molecular weight is 290 g/mol. The Morgan fingerprint density at radius 3 is 2.70 bits per heavy atom. The number of H-pyrrole nitrogens is 2. The largest absolute Gasteiger partial charge is 0.361 e. The van der Waals surface area contributed by atoms with Crippen LogP contribution in [0.1, 0.15) is 11.4 Å². The third-order valence-corrected chi connectivity index (χ3v) is 4.78. The van der Waals surface area contributed by atoms with E-state index in [0.717, 1.165) is 10.9 Å². The Hall–Kier alpha value is -2.28. The Bertz CT molecular complexity index is 857. The molecule has 3 aromatic rings. The van der Waals surface area contributed by atoms with E-state index < -0.39 is 10.0 Å². The molecule has 2 heterocycles. The summed E-state index contributed by atoms with van der Waals surface area (Å²) in [6.45, 7) is 3.34. The molecule has 2 aromatic heterocycles. The molecule has 3 N–H and O–H groups in total. The molecule has 6 nitrogen and oxygen atoms in total. The van der Waals surface area contributed by atoms with E-state index in [1.165, 1.54) is 0 Å². The Kier molecular flexibility index (Phi) is 2.79. The van der Waals surface area contributed by atoms with Crippen molar-refractivity contribution in [1.29, 1.82) is 0 Å². The first kappa shape index (κ1) is 12.7. The fourth-order valence-corrected chi connectivity index (χ4v) is 3.68. The molecule has 20 heavy (non-hydrogen) atoms. The lowest BCUT2D eigenvalue weighted by atomic mass is 10.2. The van der Waals surface area contributed by atoms with Gasteiger partial charge in [-0.2, -0.15) is 5.10 Å². The van der Waals surface area contributed by atoms with Crippen LogP contribution in [0.2, 0.25) is 0 Å². The molecule has 0 unspecified atom stereocenters. The number of aromatic nitrogens is 3. The van der Waals surface area contributed by atoms with E-state index in [4.69, 9.17) is 0 Å². The summed E-state index contributed by atoms with van der Waals surface area (Å²) in [5.41, 5.74) is 2.47. The number of sulfonamides is 1. The zero-order valence-electron chi connectivity index (χ0n) is 11.1. The summed E-state index contributed by atoms with van der Waals surface area (Å²) in [7, 11) is -3.64. The molecule has 0 radical (unpaired) electrons. The number of benzene rings is 1. The number of hydrogen-bond acceptors (Lipinski definition) is 3. The topological polar surface area (TPSA) is 90.6 Å². The second-order valence-electron chi connectivity index (χ2n) is 4.65. The number of nitrogens with zero attached hydrogens (tertiary/aromatic N) is 1. The van der Waals surface area contributed by atoms with E-state index in [2.05, 4.69) is 19.9 Å². The lowest BCUT2D eigenvalue weighted by molar-refractivity contribution is 0.600. The molecule has 0 spiro atoms. The molecule has 0 aliphatic rings. The van der Waals surface area contributed by atoms with Crippen LogP contribution in [0.15, 0.2) is 35.4 Å². The molecule has 3 rings (SSSR count). The van der Waals surface area contributed by atoms with Gasteiger partial charge in [0, 0.05) is 22.8 Å². The van der Waals surface area contributed by atoms with Crippen LogP contribution in [-0.2, 0) is 10.0 Å². The number of anilines is 1. The maximum Gasteiger partial charge on any atom is 0.265 e. The second-order valence-corrected chi connectivity index (χ2v) is 6.27. The highest BCUT2D eigenvalue weighted by Crippen LogP contribution is 2.23. The van der Waals surface area contributed by atoms with Crippen molar-refractivity contribution in [3.63, 3.8) is 0 Å². The van der Waals surface area contributed by atoms with E-state index in [-0.39, 0.29) is 4.90 Å². The molecule has 0 amide bonds. The van der Waals surface area contributed by atoms with Gasteiger partial charge in [0.1, 0.15) is 4.90 Å². The zero-order chi connectivity index (χ0) is 14.3. The van der Waals surface area contributed by atoms with Gasteiger partial charge >= 0.3 is 0 Å².